The van der Waals surface area contributed by atoms with E-state index >= 15 is 0 Å². The molecule has 2 aromatic heterocycles. The summed E-state index contributed by atoms with van der Waals surface area (Å²) in [4.78, 5) is 24.5. The van der Waals surface area contributed by atoms with Crippen LogP contribution in [0.5, 0.6) is 17.2 Å². The standard InChI is InChI=1S/C21H20N4O4S/c1-27-15-7-5-4-6-13(15)24-18(26)10-30-21-20-19(22-11-23-21)12-8-16(28-2)17(29-3)9-14(12)25-20/h4-9,11,25H,10H2,1-3H3,(H,24,26). The molecule has 0 radical (unpaired) electrons. The maximum Gasteiger partial charge on any atom is 0.234 e. The highest BCUT2D eigenvalue weighted by Gasteiger charge is 2.16. The number of rotatable bonds is 7. The van der Waals surface area contributed by atoms with Crippen LogP contribution >= 0.6 is 11.8 Å². The molecule has 2 N–H and O–H groups in total. The molecule has 154 valence electrons. The van der Waals surface area contributed by atoms with Gasteiger partial charge in [0.2, 0.25) is 5.91 Å². The molecule has 0 aliphatic heterocycles. The third-order valence-electron chi connectivity index (χ3n) is 4.57. The summed E-state index contributed by atoms with van der Waals surface area (Å²) in [7, 11) is 4.75. The summed E-state index contributed by atoms with van der Waals surface area (Å²) in [5.74, 6) is 1.88. The molecule has 0 bridgehead atoms. The van der Waals surface area contributed by atoms with Gasteiger partial charge in [-0.1, -0.05) is 23.9 Å². The van der Waals surface area contributed by atoms with Crippen LogP contribution in [0.15, 0.2) is 47.8 Å². The number of aromatic amines is 1. The molecule has 30 heavy (non-hydrogen) atoms. The normalized spacial score (nSPS) is 10.9. The van der Waals surface area contributed by atoms with Crippen LogP contribution in [0.1, 0.15) is 0 Å². The van der Waals surface area contributed by atoms with E-state index in [0.717, 1.165) is 21.9 Å². The fourth-order valence-corrected chi connectivity index (χ4v) is 3.93. The van der Waals surface area contributed by atoms with Gasteiger partial charge in [0.25, 0.3) is 0 Å². The molecule has 0 aliphatic rings. The lowest BCUT2D eigenvalue weighted by molar-refractivity contribution is -0.113. The summed E-state index contributed by atoms with van der Waals surface area (Å²) in [6, 6.07) is 11.0. The van der Waals surface area contributed by atoms with Gasteiger partial charge in [0.1, 0.15) is 22.6 Å². The molecule has 0 saturated heterocycles. The number of ether oxygens (including phenoxy) is 3. The predicted molar refractivity (Wildman–Crippen MR) is 117 cm³/mol. The first-order valence-corrected chi connectivity index (χ1v) is 10.1. The molecule has 0 unspecified atom stereocenters. The van der Waals surface area contributed by atoms with Crippen molar-refractivity contribution < 1.29 is 19.0 Å². The minimum absolute atomic E-state index is 0.157. The summed E-state index contributed by atoms with van der Waals surface area (Å²) >= 11 is 1.33. The van der Waals surface area contributed by atoms with E-state index in [1.165, 1.54) is 18.1 Å². The van der Waals surface area contributed by atoms with Crippen molar-refractivity contribution in [3.63, 3.8) is 0 Å². The first-order chi connectivity index (χ1) is 14.6. The van der Waals surface area contributed by atoms with Gasteiger partial charge in [-0.05, 0) is 18.2 Å². The van der Waals surface area contributed by atoms with E-state index in [0.29, 0.717) is 28.0 Å². The Morgan fingerprint density at radius 2 is 1.77 bits per heavy atom. The Morgan fingerprint density at radius 3 is 2.53 bits per heavy atom. The van der Waals surface area contributed by atoms with Crippen LogP contribution < -0.4 is 19.5 Å². The molecule has 0 spiro atoms. The zero-order chi connectivity index (χ0) is 21.1. The SMILES string of the molecule is COc1ccccc1NC(=O)CSc1ncnc2c1[nH]c1cc(OC)c(OC)cc12. The first kappa shape index (κ1) is 19.8. The van der Waals surface area contributed by atoms with Gasteiger partial charge in [0, 0.05) is 11.5 Å². The van der Waals surface area contributed by atoms with Crippen molar-refractivity contribution in [2.24, 2.45) is 0 Å². The fraction of sp³-hybridized carbons (Fsp3) is 0.190. The quantitative estimate of drug-likeness (QED) is 0.343. The van der Waals surface area contributed by atoms with E-state index in [1.54, 1.807) is 33.5 Å². The zero-order valence-electron chi connectivity index (χ0n) is 16.7. The van der Waals surface area contributed by atoms with Gasteiger partial charge in [-0.25, -0.2) is 9.97 Å². The predicted octanol–water partition coefficient (Wildman–Crippen LogP) is 3.87. The molecule has 4 rings (SSSR count). The van der Waals surface area contributed by atoms with Crippen molar-refractivity contribution in [3.05, 3.63) is 42.7 Å². The molecule has 0 atom stereocenters. The van der Waals surface area contributed by atoms with Gasteiger partial charge < -0.3 is 24.5 Å². The molecule has 0 fully saturated rings. The first-order valence-electron chi connectivity index (χ1n) is 9.08. The molecule has 9 heteroatoms. The van der Waals surface area contributed by atoms with Crippen molar-refractivity contribution in [1.29, 1.82) is 0 Å². The van der Waals surface area contributed by atoms with Crippen LogP contribution in [0, 0.1) is 0 Å². The number of amides is 1. The number of para-hydroxylation sites is 2. The van der Waals surface area contributed by atoms with Crippen molar-refractivity contribution >= 4 is 45.3 Å². The van der Waals surface area contributed by atoms with Crippen LogP contribution in [0.4, 0.5) is 5.69 Å². The van der Waals surface area contributed by atoms with Crippen molar-refractivity contribution in [3.8, 4) is 17.2 Å². The Hall–Kier alpha value is -3.46. The average Bonchev–Trinajstić information content (AvgIpc) is 3.15. The lowest BCUT2D eigenvalue weighted by Crippen LogP contribution is -2.14. The lowest BCUT2D eigenvalue weighted by atomic mass is 10.2. The highest BCUT2D eigenvalue weighted by molar-refractivity contribution is 8.00. The Balaban J connectivity index is 1.59. The number of methoxy groups -OCH3 is 3. The summed E-state index contributed by atoms with van der Waals surface area (Å²) in [5, 5.41) is 4.44. The Labute approximate surface area is 177 Å². The summed E-state index contributed by atoms with van der Waals surface area (Å²) < 4.78 is 16.0. The van der Waals surface area contributed by atoms with Crippen molar-refractivity contribution in [2.45, 2.75) is 5.03 Å². The number of H-pyrrole nitrogens is 1. The number of hydrogen-bond acceptors (Lipinski definition) is 7. The fourth-order valence-electron chi connectivity index (χ4n) is 3.18. The van der Waals surface area contributed by atoms with Crippen molar-refractivity contribution in [2.75, 3.05) is 32.4 Å². The van der Waals surface area contributed by atoms with E-state index < -0.39 is 0 Å². The highest BCUT2D eigenvalue weighted by atomic mass is 32.2. The topological polar surface area (TPSA) is 98.4 Å². The Morgan fingerprint density at radius 1 is 1.03 bits per heavy atom. The third-order valence-corrected chi connectivity index (χ3v) is 5.56. The molecular formula is C21H20N4O4S. The average molecular weight is 424 g/mol. The monoisotopic (exact) mass is 424 g/mol. The number of carbonyl (C=O) groups is 1. The molecule has 1 amide bonds. The molecular weight excluding hydrogens is 404 g/mol. The summed E-state index contributed by atoms with van der Waals surface area (Å²) in [5.41, 5.74) is 3.00. The number of carbonyl (C=O) groups excluding carboxylic acids is 1. The van der Waals surface area contributed by atoms with E-state index in [4.69, 9.17) is 14.2 Å². The number of nitrogens with one attached hydrogen (secondary N) is 2. The maximum atomic E-state index is 12.5. The van der Waals surface area contributed by atoms with Gasteiger partial charge in [-0.15, -0.1) is 0 Å². The Kier molecular flexibility index (Phi) is 5.62. The number of anilines is 1. The van der Waals surface area contributed by atoms with Gasteiger partial charge >= 0.3 is 0 Å². The molecule has 2 aromatic carbocycles. The van der Waals surface area contributed by atoms with E-state index in [9.17, 15) is 4.79 Å². The van der Waals surface area contributed by atoms with Crippen molar-refractivity contribution in [1.82, 2.24) is 15.0 Å². The lowest BCUT2D eigenvalue weighted by Gasteiger charge is -2.09. The summed E-state index contributed by atoms with van der Waals surface area (Å²) in [6.45, 7) is 0. The number of thioether (sulfide) groups is 1. The number of aromatic nitrogens is 3. The van der Waals surface area contributed by atoms with Crippen LogP contribution in [-0.2, 0) is 4.79 Å². The zero-order valence-corrected chi connectivity index (χ0v) is 17.5. The van der Waals surface area contributed by atoms with Gasteiger partial charge in [0.15, 0.2) is 11.5 Å². The number of benzene rings is 2. The number of hydrogen-bond donors (Lipinski definition) is 2. The second-order valence-electron chi connectivity index (χ2n) is 6.32. The van der Waals surface area contributed by atoms with Crippen LogP contribution in [-0.4, -0.2) is 47.9 Å². The third kappa shape index (κ3) is 3.71. The van der Waals surface area contributed by atoms with Crippen LogP contribution in [0.25, 0.3) is 21.9 Å². The second-order valence-corrected chi connectivity index (χ2v) is 7.28. The molecule has 0 saturated carbocycles. The molecule has 4 aromatic rings. The van der Waals surface area contributed by atoms with Crippen LogP contribution in [0.2, 0.25) is 0 Å². The van der Waals surface area contributed by atoms with Crippen LogP contribution in [0.3, 0.4) is 0 Å². The van der Waals surface area contributed by atoms with Gasteiger partial charge in [-0.3, -0.25) is 4.79 Å². The maximum absolute atomic E-state index is 12.5. The number of fused-ring (bicyclic) bond motifs is 3. The smallest absolute Gasteiger partial charge is 0.234 e. The molecule has 2 heterocycles. The van der Waals surface area contributed by atoms with E-state index in [2.05, 4.69) is 20.3 Å². The highest BCUT2D eigenvalue weighted by Crippen LogP contribution is 2.37. The van der Waals surface area contributed by atoms with E-state index in [1.807, 2.05) is 24.3 Å². The van der Waals surface area contributed by atoms with Gasteiger partial charge in [-0.2, -0.15) is 0 Å². The second kappa shape index (κ2) is 8.50. The minimum Gasteiger partial charge on any atom is -0.495 e. The van der Waals surface area contributed by atoms with E-state index in [-0.39, 0.29) is 11.7 Å². The molecule has 0 aliphatic carbocycles. The number of nitrogens with zero attached hydrogens (tertiary/aromatic N) is 2. The molecule has 8 nitrogen and oxygen atoms in total. The Bertz CT molecular complexity index is 1220. The van der Waals surface area contributed by atoms with Gasteiger partial charge in [0.05, 0.1) is 43.8 Å². The minimum atomic E-state index is -0.157. The largest absolute Gasteiger partial charge is 0.495 e. The summed E-state index contributed by atoms with van der Waals surface area (Å²) in [6.07, 6.45) is 1.49.